The Morgan fingerprint density at radius 1 is 1.15 bits per heavy atom. The van der Waals surface area contributed by atoms with E-state index in [9.17, 15) is 0 Å². The highest BCUT2D eigenvalue weighted by Gasteiger charge is 2.37. The van der Waals surface area contributed by atoms with Gasteiger partial charge in [0.1, 0.15) is 0 Å². The van der Waals surface area contributed by atoms with E-state index < -0.39 is 5.12 Å². The second-order valence-electron chi connectivity index (χ2n) is 2.82. The van der Waals surface area contributed by atoms with Crippen molar-refractivity contribution in [1.82, 2.24) is 0 Å². The number of benzene rings is 1. The summed E-state index contributed by atoms with van der Waals surface area (Å²) < 4.78 is 11.2. The molecule has 0 saturated carbocycles. The van der Waals surface area contributed by atoms with E-state index in [1.54, 1.807) is 11.8 Å². The van der Waals surface area contributed by atoms with Gasteiger partial charge in [0, 0.05) is 5.56 Å². The van der Waals surface area contributed by atoms with Crippen LogP contribution in [-0.4, -0.2) is 19.5 Å². The lowest BCUT2D eigenvalue weighted by molar-refractivity contribution is -0.0811. The molecule has 0 amide bonds. The van der Waals surface area contributed by atoms with Crippen molar-refractivity contribution in [3.8, 4) is 0 Å². The predicted molar refractivity (Wildman–Crippen MR) is 53.5 cm³/mol. The highest BCUT2D eigenvalue weighted by Crippen LogP contribution is 2.40. The fourth-order valence-corrected chi connectivity index (χ4v) is 2.21. The lowest BCUT2D eigenvalue weighted by atomic mass is 10.2. The lowest BCUT2D eigenvalue weighted by Gasteiger charge is -2.24. The minimum absolute atomic E-state index is 0.554. The molecule has 0 radical (unpaired) electrons. The Morgan fingerprint density at radius 3 is 2.31 bits per heavy atom. The normalized spacial score (nSPS) is 20.4. The minimum Gasteiger partial charge on any atom is -0.335 e. The molecule has 2 rings (SSSR count). The summed E-state index contributed by atoms with van der Waals surface area (Å²) in [5.74, 6) is 0. The number of hydrogen-bond acceptors (Lipinski definition) is 3. The summed E-state index contributed by atoms with van der Waals surface area (Å²) in [4.78, 5) is 0. The van der Waals surface area contributed by atoms with Crippen LogP contribution in [0.3, 0.4) is 0 Å². The van der Waals surface area contributed by atoms with Crippen LogP contribution in [-0.2, 0) is 14.6 Å². The van der Waals surface area contributed by atoms with Crippen LogP contribution in [0.5, 0.6) is 0 Å². The molecule has 1 aliphatic heterocycles. The van der Waals surface area contributed by atoms with Gasteiger partial charge >= 0.3 is 0 Å². The third kappa shape index (κ3) is 1.59. The monoisotopic (exact) mass is 196 g/mol. The van der Waals surface area contributed by atoms with Gasteiger partial charge in [0.15, 0.2) is 0 Å². The van der Waals surface area contributed by atoms with Crippen molar-refractivity contribution in [2.45, 2.75) is 5.12 Å². The van der Waals surface area contributed by atoms with Gasteiger partial charge in [-0.15, -0.1) is 0 Å². The van der Waals surface area contributed by atoms with Gasteiger partial charge in [-0.25, -0.2) is 0 Å². The van der Waals surface area contributed by atoms with E-state index >= 15 is 0 Å². The third-order valence-corrected chi connectivity index (χ3v) is 3.07. The molecule has 1 heterocycles. The van der Waals surface area contributed by atoms with Crippen LogP contribution in [0.15, 0.2) is 30.3 Å². The number of thioether (sulfide) groups is 1. The summed E-state index contributed by atoms with van der Waals surface area (Å²) in [5, 5.41) is -0.554. The Hall–Kier alpha value is -0.510. The van der Waals surface area contributed by atoms with Crippen molar-refractivity contribution in [3.05, 3.63) is 35.9 Å². The number of ether oxygens (including phenoxy) is 2. The maximum Gasteiger partial charge on any atom is 0.245 e. The first-order valence-corrected chi connectivity index (χ1v) is 5.48. The molecule has 70 valence electrons. The summed E-state index contributed by atoms with van der Waals surface area (Å²) in [6, 6.07) is 10.0. The van der Waals surface area contributed by atoms with Crippen LogP contribution in [0, 0.1) is 0 Å². The molecule has 1 aromatic carbocycles. The van der Waals surface area contributed by atoms with Crippen molar-refractivity contribution < 1.29 is 9.47 Å². The van der Waals surface area contributed by atoms with Gasteiger partial charge in [0.25, 0.3) is 0 Å². The van der Waals surface area contributed by atoms with Gasteiger partial charge in [-0.05, 0) is 6.26 Å². The first-order chi connectivity index (χ1) is 6.37. The first kappa shape index (κ1) is 9.06. The molecule has 1 aliphatic rings. The molecule has 1 saturated heterocycles. The van der Waals surface area contributed by atoms with Crippen LogP contribution in [0.25, 0.3) is 0 Å². The summed E-state index contributed by atoms with van der Waals surface area (Å²) in [5.41, 5.74) is 1.08. The molecule has 0 aromatic heterocycles. The molecule has 0 unspecified atom stereocenters. The molecule has 0 atom stereocenters. The second-order valence-corrected chi connectivity index (χ2v) is 3.77. The molecule has 0 spiro atoms. The van der Waals surface area contributed by atoms with E-state index in [1.807, 2.05) is 36.6 Å². The maximum atomic E-state index is 5.62. The van der Waals surface area contributed by atoms with Crippen molar-refractivity contribution in [1.29, 1.82) is 0 Å². The molecule has 3 heteroatoms. The molecule has 0 aliphatic carbocycles. The summed E-state index contributed by atoms with van der Waals surface area (Å²) in [7, 11) is 0. The quantitative estimate of drug-likeness (QED) is 0.722. The average Bonchev–Trinajstić information content (AvgIpc) is 2.69. The number of hydrogen-bond donors (Lipinski definition) is 0. The van der Waals surface area contributed by atoms with Gasteiger partial charge in [-0.1, -0.05) is 42.1 Å². The Bertz CT molecular complexity index is 268. The topological polar surface area (TPSA) is 18.5 Å². The zero-order valence-corrected chi connectivity index (χ0v) is 8.34. The molecular formula is C10H12O2S. The third-order valence-electron chi connectivity index (χ3n) is 2.06. The van der Waals surface area contributed by atoms with Gasteiger partial charge in [0.05, 0.1) is 13.2 Å². The summed E-state index contributed by atoms with van der Waals surface area (Å²) in [6.07, 6.45) is 2.00. The average molecular weight is 196 g/mol. The molecule has 0 N–H and O–H groups in total. The van der Waals surface area contributed by atoms with Crippen LogP contribution in [0.4, 0.5) is 0 Å². The first-order valence-electron chi connectivity index (χ1n) is 4.26. The summed E-state index contributed by atoms with van der Waals surface area (Å²) in [6.45, 7) is 1.35. The predicted octanol–water partition coefficient (Wildman–Crippen LogP) is 2.21. The van der Waals surface area contributed by atoms with Gasteiger partial charge < -0.3 is 9.47 Å². The molecule has 1 fully saturated rings. The molecule has 2 nitrogen and oxygen atoms in total. The maximum absolute atomic E-state index is 5.62. The van der Waals surface area contributed by atoms with Crippen molar-refractivity contribution in [2.75, 3.05) is 19.5 Å². The zero-order chi connectivity index (χ0) is 9.15. The lowest BCUT2D eigenvalue weighted by Crippen LogP contribution is -2.21. The fraction of sp³-hybridized carbons (Fsp3) is 0.400. The molecule has 0 bridgehead atoms. The van der Waals surface area contributed by atoms with Gasteiger partial charge in [0.2, 0.25) is 5.12 Å². The highest BCUT2D eigenvalue weighted by molar-refractivity contribution is 7.99. The zero-order valence-electron chi connectivity index (χ0n) is 7.53. The van der Waals surface area contributed by atoms with Gasteiger partial charge in [-0.3, -0.25) is 0 Å². The Morgan fingerprint density at radius 2 is 1.77 bits per heavy atom. The van der Waals surface area contributed by atoms with E-state index in [0.29, 0.717) is 13.2 Å². The van der Waals surface area contributed by atoms with E-state index in [4.69, 9.17) is 9.47 Å². The van der Waals surface area contributed by atoms with E-state index in [2.05, 4.69) is 0 Å². The van der Waals surface area contributed by atoms with Crippen molar-refractivity contribution in [2.24, 2.45) is 0 Å². The number of rotatable bonds is 2. The van der Waals surface area contributed by atoms with Crippen molar-refractivity contribution >= 4 is 11.8 Å². The largest absolute Gasteiger partial charge is 0.335 e. The smallest absolute Gasteiger partial charge is 0.245 e. The highest BCUT2D eigenvalue weighted by atomic mass is 32.2. The van der Waals surface area contributed by atoms with Crippen LogP contribution < -0.4 is 0 Å². The van der Waals surface area contributed by atoms with E-state index in [-0.39, 0.29) is 0 Å². The molecule has 13 heavy (non-hydrogen) atoms. The Kier molecular flexibility index (Phi) is 2.58. The SMILES string of the molecule is CSC1(c2ccccc2)OCCO1. The van der Waals surface area contributed by atoms with Crippen LogP contribution in [0.2, 0.25) is 0 Å². The second kappa shape index (κ2) is 3.70. The molecular weight excluding hydrogens is 184 g/mol. The molecule has 1 aromatic rings. The van der Waals surface area contributed by atoms with E-state index in [0.717, 1.165) is 5.56 Å². The van der Waals surface area contributed by atoms with Crippen LogP contribution >= 0.6 is 11.8 Å². The van der Waals surface area contributed by atoms with Crippen LogP contribution in [0.1, 0.15) is 5.56 Å². The van der Waals surface area contributed by atoms with Gasteiger partial charge in [-0.2, -0.15) is 0 Å². The Balaban J connectivity index is 2.31. The van der Waals surface area contributed by atoms with Crippen molar-refractivity contribution in [3.63, 3.8) is 0 Å². The minimum atomic E-state index is -0.554. The fourth-order valence-electron chi connectivity index (χ4n) is 1.44. The Labute approximate surface area is 82.2 Å². The standard InChI is InChI=1S/C10H12O2S/c1-13-10(11-7-8-12-10)9-5-3-2-4-6-9/h2-6H,7-8H2,1H3. The van der Waals surface area contributed by atoms with E-state index in [1.165, 1.54) is 0 Å². The summed E-state index contributed by atoms with van der Waals surface area (Å²) >= 11 is 1.59.